The molecule has 1 fully saturated rings. The van der Waals surface area contributed by atoms with Crippen molar-refractivity contribution in [1.82, 2.24) is 15.2 Å². The predicted octanol–water partition coefficient (Wildman–Crippen LogP) is 0.293. The van der Waals surface area contributed by atoms with E-state index >= 15 is 0 Å². The van der Waals surface area contributed by atoms with E-state index in [0.717, 1.165) is 35.9 Å². The summed E-state index contributed by atoms with van der Waals surface area (Å²) in [6.07, 6.45) is 2.06. The summed E-state index contributed by atoms with van der Waals surface area (Å²) >= 11 is 0. The van der Waals surface area contributed by atoms with Crippen LogP contribution >= 0.6 is 12.4 Å². The molecule has 0 radical (unpaired) electrons. The molecule has 0 bridgehead atoms. The van der Waals surface area contributed by atoms with E-state index in [1.165, 1.54) is 0 Å². The van der Waals surface area contributed by atoms with Crippen LogP contribution in [-0.4, -0.2) is 34.5 Å². The number of aromatic nitrogens is 1. The van der Waals surface area contributed by atoms with E-state index in [1.54, 1.807) is 0 Å². The molecule has 0 spiro atoms. The highest BCUT2D eigenvalue weighted by atomic mass is 35.5. The summed E-state index contributed by atoms with van der Waals surface area (Å²) < 4.78 is 1.05. The maximum Gasteiger partial charge on any atom is 0.285 e. The van der Waals surface area contributed by atoms with Crippen molar-refractivity contribution in [3.63, 3.8) is 0 Å². The van der Waals surface area contributed by atoms with Gasteiger partial charge in [-0.15, -0.1) is 12.4 Å². The van der Waals surface area contributed by atoms with E-state index in [-0.39, 0.29) is 36.6 Å². The van der Waals surface area contributed by atoms with Gasteiger partial charge in [0, 0.05) is 24.7 Å². The van der Waals surface area contributed by atoms with E-state index in [2.05, 4.69) is 17.6 Å². The number of rotatable bonds is 4. The molecule has 0 aliphatic carbocycles. The highest BCUT2D eigenvalue weighted by Crippen LogP contribution is 2.11. The van der Waals surface area contributed by atoms with E-state index < -0.39 is 10.5 Å². The molecule has 2 rings (SSSR count). The van der Waals surface area contributed by atoms with Gasteiger partial charge < -0.3 is 10.6 Å². The zero-order valence-electron chi connectivity index (χ0n) is 12.2. The standard InChI is InChI=1S/C13H18N4O4.ClH/c1-9-4-5-14-6-11(9)15-12(18)8-16-7-10(17(20)21)2-3-13(16)19;/h2-3,7,9,11,14H,4-6,8H2,1H3,(H,15,18);1H. The molecule has 122 valence electrons. The first-order valence-electron chi connectivity index (χ1n) is 6.82. The Hall–Kier alpha value is -1.93. The van der Waals surface area contributed by atoms with Crippen molar-refractivity contribution in [2.75, 3.05) is 13.1 Å². The predicted molar refractivity (Wildman–Crippen MR) is 83.2 cm³/mol. The topological polar surface area (TPSA) is 106 Å². The molecule has 1 amide bonds. The molecule has 1 aliphatic rings. The normalized spacial score (nSPS) is 20.8. The Morgan fingerprint density at radius 1 is 1.55 bits per heavy atom. The Morgan fingerprint density at radius 2 is 2.27 bits per heavy atom. The van der Waals surface area contributed by atoms with Crippen LogP contribution in [0.15, 0.2) is 23.1 Å². The Kier molecular flexibility index (Phi) is 6.51. The minimum atomic E-state index is -0.596. The van der Waals surface area contributed by atoms with Gasteiger partial charge in [-0.2, -0.15) is 0 Å². The van der Waals surface area contributed by atoms with Crippen LogP contribution in [0.3, 0.4) is 0 Å². The molecule has 0 saturated carbocycles. The largest absolute Gasteiger partial charge is 0.350 e. The van der Waals surface area contributed by atoms with Crippen molar-refractivity contribution in [1.29, 1.82) is 0 Å². The number of carbonyl (C=O) groups excluding carboxylic acids is 1. The zero-order chi connectivity index (χ0) is 15.4. The van der Waals surface area contributed by atoms with Gasteiger partial charge >= 0.3 is 0 Å². The molecular weight excluding hydrogens is 312 g/mol. The lowest BCUT2D eigenvalue weighted by Crippen LogP contribution is -2.51. The number of hydrogen-bond acceptors (Lipinski definition) is 5. The van der Waals surface area contributed by atoms with Crippen LogP contribution in [0.4, 0.5) is 5.69 Å². The number of nitro groups is 1. The summed E-state index contributed by atoms with van der Waals surface area (Å²) in [6.45, 7) is 3.46. The van der Waals surface area contributed by atoms with Gasteiger partial charge in [0.05, 0.1) is 11.1 Å². The van der Waals surface area contributed by atoms with Crippen molar-refractivity contribution in [2.24, 2.45) is 5.92 Å². The van der Waals surface area contributed by atoms with Crippen LogP contribution in [0.2, 0.25) is 0 Å². The van der Waals surface area contributed by atoms with E-state index in [0.29, 0.717) is 12.5 Å². The van der Waals surface area contributed by atoms with Crippen molar-refractivity contribution < 1.29 is 9.72 Å². The summed E-state index contributed by atoms with van der Waals surface area (Å²) in [5, 5.41) is 16.8. The first kappa shape index (κ1) is 18.1. The average molecular weight is 331 g/mol. The number of halogens is 1. The summed E-state index contributed by atoms with van der Waals surface area (Å²) in [6, 6.07) is 2.24. The van der Waals surface area contributed by atoms with Gasteiger partial charge in [-0.05, 0) is 18.9 Å². The second-order valence-corrected chi connectivity index (χ2v) is 5.25. The maximum absolute atomic E-state index is 12.0. The van der Waals surface area contributed by atoms with Crippen molar-refractivity contribution in [2.45, 2.75) is 25.9 Å². The molecule has 2 N–H and O–H groups in total. The molecule has 1 aromatic heterocycles. The first-order chi connectivity index (χ1) is 9.97. The number of nitrogens with one attached hydrogen (secondary N) is 2. The fourth-order valence-corrected chi connectivity index (χ4v) is 2.34. The van der Waals surface area contributed by atoms with Crippen molar-refractivity contribution in [3.05, 3.63) is 38.8 Å². The number of piperidine rings is 1. The fraction of sp³-hybridized carbons (Fsp3) is 0.538. The van der Waals surface area contributed by atoms with Crippen LogP contribution in [0.1, 0.15) is 13.3 Å². The second kappa shape index (κ2) is 7.90. The van der Waals surface area contributed by atoms with Crippen LogP contribution in [0.5, 0.6) is 0 Å². The Morgan fingerprint density at radius 3 is 2.91 bits per heavy atom. The number of carbonyl (C=O) groups is 1. The Bertz CT molecular complexity index is 604. The molecule has 9 heteroatoms. The van der Waals surface area contributed by atoms with Crippen molar-refractivity contribution >= 4 is 24.0 Å². The van der Waals surface area contributed by atoms with Gasteiger partial charge in [-0.1, -0.05) is 6.92 Å². The molecule has 2 unspecified atom stereocenters. The fourth-order valence-electron chi connectivity index (χ4n) is 2.34. The summed E-state index contributed by atoms with van der Waals surface area (Å²) in [4.78, 5) is 33.7. The van der Waals surface area contributed by atoms with Gasteiger partial charge in [-0.3, -0.25) is 24.3 Å². The van der Waals surface area contributed by atoms with Crippen molar-refractivity contribution in [3.8, 4) is 0 Å². The molecule has 8 nitrogen and oxygen atoms in total. The van der Waals surface area contributed by atoms with Gasteiger partial charge in [0.15, 0.2) is 0 Å². The third-order valence-electron chi connectivity index (χ3n) is 3.67. The molecule has 1 saturated heterocycles. The number of pyridine rings is 1. The quantitative estimate of drug-likeness (QED) is 0.609. The van der Waals surface area contributed by atoms with Gasteiger partial charge in [0.1, 0.15) is 6.54 Å². The number of amides is 1. The molecule has 2 heterocycles. The SMILES string of the molecule is CC1CCNCC1NC(=O)Cn1cc([N+](=O)[O-])ccc1=O.Cl. The summed E-state index contributed by atoms with van der Waals surface area (Å²) in [7, 11) is 0. The molecule has 0 aromatic carbocycles. The monoisotopic (exact) mass is 330 g/mol. The lowest BCUT2D eigenvalue weighted by molar-refractivity contribution is -0.385. The third-order valence-corrected chi connectivity index (χ3v) is 3.67. The molecule has 22 heavy (non-hydrogen) atoms. The van der Waals surface area contributed by atoms with Crippen LogP contribution in [-0.2, 0) is 11.3 Å². The van der Waals surface area contributed by atoms with Crippen LogP contribution in [0, 0.1) is 16.0 Å². The number of hydrogen-bond donors (Lipinski definition) is 2. The highest BCUT2D eigenvalue weighted by Gasteiger charge is 2.22. The van der Waals surface area contributed by atoms with E-state index in [9.17, 15) is 19.7 Å². The minimum absolute atomic E-state index is 0. The van der Waals surface area contributed by atoms with E-state index in [1.807, 2.05) is 0 Å². The second-order valence-electron chi connectivity index (χ2n) is 5.25. The Labute approximate surface area is 133 Å². The molecule has 1 aliphatic heterocycles. The van der Waals surface area contributed by atoms with Gasteiger partial charge in [-0.25, -0.2) is 0 Å². The van der Waals surface area contributed by atoms with Crippen LogP contribution in [0.25, 0.3) is 0 Å². The highest BCUT2D eigenvalue weighted by molar-refractivity contribution is 5.85. The van der Waals surface area contributed by atoms with E-state index in [4.69, 9.17) is 0 Å². The lowest BCUT2D eigenvalue weighted by atomic mass is 9.95. The number of nitrogens with zero attached hydrogens (tertiary/aromatic N) is 2. The smallest absolute Gasteiger partial charge is 0.285 e. The lowest BCUT2D eigenvalue weighted by Gasteiger charge is -2.30. The molecule has 1 aromatic rings. The van der Waals surface area contributed by atoms with Gasteiger partial charge in [0.2, 0.25) is 5.91 Å². The zero-order valence-corrected chi connectivity index (χ0v) is 13.0. The summed E-state index contributed by atoms with van der Waals surface area (Å²) in [5.41, 5.74) is -0.652. The molecule has 2 atom stereocenters. The Balaban J connectivity index is 0.00000242. The first-order valence-corrected chi connectivity index (χ1v) is 6.82. The minimum Gasteiger partial charge on any atom is -0.350 e. The van der Waals surface area contributed by atoms with Gasteiger partial charge in [0.25, 0.3) is 11.2 Å². The molecular formula is C13H19ClN4O4. The van der Waals surface area contributed by atoms with Crippen LogP contribution < -0.4 is 16.2 Å². The third kappa shape index (κ3) is 4.54. The maximum atomic E-state index is 12.0. The average Bonchev–Trinajstić information content (AvgIpc) is 2.43. The summed E-state index contributed by atoms with van der Waals surface area (Å²) in [5.74, 6) is 0.0372.